The molecule has 2 rings (SSSR count). The molecule has 1 atom stereocenters. The maximum atomic E-state index is 13.0. The molecule has 23 heavy (non-hydrogen) atoms. The molecule has 3 nitrogen and oxygen atoms in total. The Labute approximate surface area is 140 Å². The van der Waals surface area contributed by atoms with E-state index < -0.39 is 5.82 Å². The SMILES string of the molecule is CC[C@@H](NC(=O)COc1ccc(F)cc1Cl)c1ccc(C)cc1. The quantitative estimate of drug-likeness (QED) is 0.847. The van der Waals surface area contributed by atoms with Gasteiger partial charge in [-0.25, -0.2) is 4.39 Å². The van der Waals surface area contributed by atoms with Gasteiger partial charge in [0, 0.05) is 0 Å². The Morgan fingerprint density at radius 2 is 1.96 bits per heavy atom. The molecule has 1 amide bonds. The maximum Gasteiger partial charge on any atom is 0.258 e. The highest BCUT2D eigenvalue weighted by Crippen LogP contribution is 2.24. The van der Waals surface area contributed by atoms with Crippen LogP contribution in [0.1, 0.15) is 30.5 Å². The molecule has 0 fully saturated rings. The molecule has 1 N–H and O–H groups in total. The zero-order valence-electron chi connectivity index (χ0n) is 13.1. The van der Waals surface area contributed by atoms with Crippen LogP contribution < -0.4 is 10.1 Å². The standard InChI is InChI=1S/C18H19ClFNO2/c1-3-16(13-6-4-12(2)5-7-13)21-18(22)11-23-17-9-8-14(20)10-15(17)19/h4-10,16H,3,11H2,1-2H3,(H,21,22)/t16-/m1/s1. The number of rotatable bonds is 6. The van der Waals surface area contributed by atoms with Crippen LogP contribution in [0.4, 0.5) is 4.39 Å². The summed E-state index contributed by atoms with van der Waals surface area (Å²) in [4.78, 5) is 12.1. The van der Waals surface area contributed by atoms with Crippen molar-refractivity contribution in [3.8, 4) is 5.75 Å². The topological polar surface area (TPSA) is 38.3 Å². The zero-order chi connectivity index (χ0) is 16.8. The minimum Gasteiger partial charge on any atom is -0.482 e. The van der Waals surface area contributed by atoms with Crippen molar-refractivity contribution in [1.82, 2.24) is 5.32 Å². The van der Waals surface area contributed by atoms with Gasteiger partial charge in [-0.2, -0.15) is 0 Å². The summed E-state index contributed by atoms with van der Waals surface area (Å²) in [6, 6.07) is 11.7. The molecule has 0 saturated carbocycles. The van der Waals surface area contributed by atoms with E-state index in [-0.39, 0.29) is 29.3 Å². The number of nitrogens with one attached hydrogen (secondary N) is 1. The van der Waals surface area contributed by atoms with E-state index in [0.29, 0.717) is 0 Å². The predicted molar refractivity (Wildman–Crippen MR) is 89.3 cm³/mol. The summed E-state index contributed by atoms with van der Waals surface area (Å²) >= 11 is 5.86. The molecule has 2 aromatic carbocycles. The van der Waals surface area contributed by atoms with Crippen molar-refractivity contribution in [2.75, 3.05) is 6.61 Å². The highest BCUT2D eigenvalue weighted by molar-refractivity contribution is 6.32. The first-order valence-electron chi connectivity index (χ1n) is 7.43. The van der Waals surface area contributed by atoms with E-state index in [1.165, 1.54) is 17.7 Å². The van der Waals surface area contributed by atoms with Gasteiger partial charge in [-0.1, -0.05) is 48.4 Å². The van der Waals surface area contributed by atoms with E-state index in [2.05, 4.69) is 5.32 Å². The molecule has 5 heteroatoms. The lowest BCUT2D eigenvalue weighted by Gasteiger charge is -2.18. The second-order valence-corrected chi connectivity index (χ2v) is 5.71. The van der Waals surface area contributed by atoms with Gasteiger partial charge in [0.25, 0.3) is 5.91 Å². The molecule has 0 heterocycles. The Bertz CT molecular complexity index is 673. The third kappa shape index (κ3) is 4.96. The molecule has 0 bridgehead atoms. The van der Waals surface area contributed by atoms with Gasteiger partial charge >= 0.3 is 0 Å². The van der Waals surface area contributed by atoms with Crippen molar-refractivity contribution < 1.29 is 13.9 Å². The normalized spacial score (nSPS) is 11.8. The van der Waals surface area contributed by atoms with Gasteiger partial charge in [-0.05, 0) is 37.1 Å². The van der Waals surface area contributed by atoms with Crippen LogP contribution in [-0.2, 0) is 4.79 Å². The summed E-state index contributed by atoms with van der Waals surface area (Å²) in [6.07, 6.45) is 0.770. The summed E-state index contributed by atoms with van der Waals surface area (Å²) in [5.74, 6) is -0.415. The predicted octanol–water partition coefficient (Wildman–Crippen LogP) is 4.43. The van der Waals surface area contributed by atoms with Crippen LogP contribution in [0.25, 0.3) is 0 Å². The van der Waals surface area contributed by atoms with E-state index in [0.717, 1.165) is 18.1 Å². The minimum atomic E-state index is -0.447. The Hall–Kier alpha value is -2.07. The van der Waals surface area contributed by atoms with Gasteiger partial charge in [-0.15, -0.1) is 0 Å². The smallest absolute Gasteiger partial charge is 0.258 e. The molecule has 0 aromatic heterocycles. The van der Waals surface area contributed by atoms with Gasteiger partial charge in [0.1, 0.15) is 11.6 Å². The molecule has 0 aliphatic rings. The number of hydrogen-bond acceptors (Lipinski definition) is 2. The van der Waals surface area contributed by atoms with Gasteiger partial charge in [0.15, 0.2) is 6.61 Å². The first kappa shape index (κ1) is 17.3. The summed E-state index contributed by atoms with van der Waals surface area (Å²) in [5.41, 5.74) is 2.22. The second kappa shape index (κ2) is 7.97. The van der Waals surface area contributed by atoms with E-state index >= 15 is 0 Å². The third-order valence-corrected chi connectivity index (χ3v) is 3.77. The fourth-order valence-electron chi connectivity index (χ4n) is 2.19. The number of carbonyl (C=O) groups excluding carboxylic acids is 1. The van der Waals surface area contributed by atoms with Crippen molar-refractivity contribution >= 4 is 17.5 Å². The first-order valence-corrected chi connectivity index (χ1v) is 7.81. The average Bonchev–Trinajstić information content (AvgIpc) is 2.52. The van der Waals surface area contributed by atoms with Gasteiger partial charge in [0.05, 0.1) is 11.1 Å². The number of ether oxygens (including phenoxy) is 1. The van der Waals surface area contributed by atoms with Crippen LogP contribution in [0.5, 0.6) is 5.75 Å². The molecule has 0 saturated heterocycles. The van der Waals surface area contributed by atoms with E-state index in [9.17, 15) is 9.18 Å². The summed E-state index contributed by atoms with van der Waals surface area (Å²) in [6.45, 7) is 3.85. The summed E-state index contributed by atoms with van der Waals surface area (Å²) in [5, 5.41) is 3.06. The van der Waals surface area contributed by atoms with Crippen LogP contribution in [0.15, 0.2) is 42.5 Å². The number of hydrogen-bond donors (Lipinski definition) is 1. The Balaban J connectivity index is 1.93. The largest absolute Gasteiger partial charge is 0.482 e. The van der Waals surface area contributed by atoms with Crippen LogP contribution in [0.2, 0.25) is 5.02 Å². The van der Waals surface area contributed by atoms with Crippen molar-refractivity contribution in [3.63, 3.8) is 0 Å². The lowest BCUT2D eigenvalue weighted by Crippen LogP contribution is -2.32. The molecule has 0 radical (unpaired) electrons. The lowest BCUT2D eigenvalue weighted by molar-refractivity contribution is -0.123. The van der Waals surface area contributed by atoms with Crippen LogP contribution in [0.3, 0.4) is 0 Å². The molecule has 0 unspecified atom stereocenters. The Morgan fingerprint density at radius 1 is 1.26 bits per heavy atom. The van der Waals surface area contributed by atoms with Gasteiger partial charge in [-0.3, -0.25) is 4.79 Å². The maximum absolute atomic E-state index is 13.0. The van der Waals surface area contributed by atoms with Crippen molar-refractivity contribution in [3.05, 3.63) is 64.4 Å². The number of amides is 1. The third-order valence-electron chi connectivity index (χ3n) is 3.48. The monoisotopic (exact) mass is 335 g/mol. The molecular weight excluding hydrogens is 317 g/mol. The average molecular weight is 336 g/mol. The Morgan fingerprint density at radius 3 is 2.57 bits per heavy atom. The summed E-state index contributed by atoms with van der Waals surface area (Å²) < 4.78 is 18.3. The zero-order valence-corrected chi connectivity index (χ0v) is 13.9. The molecule has 122 valence electrons. The number of benzene rings is 2. The van der Waals surface area contributed by atoms with Gasteiger partial charge < -0.3 is 10.1 Å². The van der Waals surface area contributed by atoms with Crippen LogP contribution in [-0.4, -0.2) is 12.5 Å². The highest BCUT2D eigenvalue weighted by Gasteiger charge is 2.13. The second-order valence-electron chi connectivity index (χ2n) is 5.30. The van der Waals surface area contributed by atoms with Crippen LogP contribution >= 0.6 is 11.6 Å². The molecule has 0 aliphatic carbocycles. The summed E-state index contributed by atoms with van der Waals surface area (Å²) in [7, 11) is 0. The van der Waals surface area contributed by atoms with Gasteiger partial charge in [0.2, 0.25) is 0 Å². The molecule has 2 aromatic rings. The van der Waals surface area contributed by atoms with Crippen LogP contribution in [0, 0.1) is 12.7 Å². The molecule has 0 spiro atoms. The van der Waals surface area contributed by atoms with Crippen molar-refractivity contribution in [1.29, 1.82) is 0 Å². The Kier molecular flexibility index (Phi) is 5.99. The van der Waals surface area contributed by atoms with Crippen molar-refractivity contribution in [2.24, 2.45) is 0 Å². The van der Waals surface area contributed by atoms with E-state index in [1.807, 2.05) is 38.1 Å². The first-order chi connectivity index (χ1) is 11.0. The van der Waals surface area contributed by atoms with E-state index in [1.54, 1.807) is 0 Å². The lowest BCUT2D eigenvalue weighted by atomic mass is 10.0. The molecule has 0 aliphatic heterocycles. The number of halogens is 2. The fraction of sp³-hybridized carbons (Fsp3) is 0.278. The fourth-order valence-corrected chi connectivity index (χ4v) is 2.41. The van der Waals surface area contributed by atoms with Crippen molar-refractivity contribution in [2.45, 2.75) is 26.3 Å². The number of carbonyl (C=O) groups is 1. The minimum absolute atomic E-state index is 0.0737. The van der Waals surface area contributed by atoms with E-state index in [4.69, 9.17) is 16.3 Å². The molecular formula is C18H19ClFNO2. The number of aryl methyl sites for hydroxylation is 1. The highest BCUT2D eigenvalue weighted by atomic mass is 35.5.